The van der Waals surface area contributed by atoms with E-state index in [4.69, 9.17) is 16.7 Å². The molecule has 2 rings (SSSR count). The largest absolute Gasteiger partial charge is 0.480 e. The van der Waals surface area contributed by atoms with E-state index < -0.39 is 12.0 Å². The lowest BCUT2D eigenvalue weighted by Crippen LogP contribution is -2.41. The minimum atomic E-state index is -0.966. The summed E-state index contributed by atoms with van der Waals surface area (Å²) < 4.78 is 0. The Morgan fingerprint density at radius 1 is 1.44 bits per heavy atom. The van der Waals surface area contributed by atoms with Gasteiger partial charge in [-0.2, -0.15) is 0 Å². The average Bonchev–Trinajstić information content (AvgIpc) is 2.75. The van der Waals surface area contributed by atoms with Gasteiger partial charge in [0.25, 0.3) is 5.91 Å². The van der Waals surface area contributed by atoms with Gasteiger partial charge in [0, 0.05) is 16.3 Å². The maximum absolute atomic E-state index is 12.3. The van der Waals surface area contributed by atoms with Crippen molar-refractivity contribution in [3.63, 3.8) is 0 Å². The Morgan fingerprint density at radius 2 is 2.17 bits per heavy atom. The van der Waals surface area contributed by atoms with Gasteiger partial charge in [-0.05, 0) is 30.7 Å². The summed E-state index contributed by atoms with van der Waals surface area (Å²) in [6, 6.07) is 4.29. The summed E-state index contributed by atoms with van der Waals surface area (Å²) in [5, 5.41) is 9.54. The molecule has 1 fully saturated rings. The quantitative estimate of drug-likeness (QED) is 0.905. The molecule has 1 aromatic rings. The highest BCUT2D eigenvalue weighted by Gasteiger charge is 2.35. The summed E-state index contributed by atoms with van der Waals surface area (Å²) in [6.45, 7) is 1.84. The van der Waals surface area contributed by atoms with E-state index in [1.807, 2.05) is 6.92 Å². The first kappa shape index (κ1) is 13.2. The van der Waals surface area contributed by atoms with Crippen LogP contribution in [0.15, 0.2) is 18.2 Å². The van der Waals surface area contributed by atoms with E-state index in [0.717, 1.165) is 5.56 Å². The molecule has 1 aliphatic rings. The van der Waals surface area contributed by atoms with Crippen molar-refractivity contribution < 1.29 is 14.7 Å². The van der Waals surface area contributed by atoms with Crippen LogP contribution in [0.3, 0.4) is 0 Å². The van der Waals surface area contributed by atoms with Crippen molar-refractivity contribution in [2.75, 3.05) is 11.6 Å². The summed E-state index contributed by atoms with van der Waals surface area (Å²) in [6.07, 6.45) is 0. The van der Waals surface area contributed by atoms with Gasteiger partial charge in [-0.15, -0.1) is 11.8 Å². The molecule has 96 valence electrons. The molecule has 0 aromatic heterocycles. The van der Waals surface area contributed by atoms with Crippen LogP contribution in [0.5, 0.6) is 0 Å². The van der Waals surface area contributed by atoms with Crippen LogP contribution in [-0.2, 0) is 4.79 Å². The van der Waals surface area contributed by atoms with Crippen LogP contribution in [0.25, 0.3) is 0 Å². The number of nitrogens with zero attached hydrogens (tertiary/aromatic N) is 1. The van der Waals surface area contributed by atoms with Crippen LogP contribution < -0.4 is 0 Å². The average molecular weight is 286 g/mol. The molecule has 0 bridgehead atoms. The third kappa shape index (κ3) is 2.62. The van der Waals surface area contributed by atoms with E-state index in [-0.39, 0.29) is 5.91 Å². The van der Waals surface area contributed by atoms with Crippen molar-refractivity contribution in [3.8, 4) is 0 Å². The number of halogens is 1. The number of aryl methyl sites for hydroxylation is 1. The molecule has 18 heavy (non-hydrogen) atoms. The van der Waals surface area contributed by atoms with Crippen LogP contribution in [0.4, 0.5) is 0 Å². The van der Waals surface area contributed by atoms with Crippen LogP contribution in [0, 0.1) is 6.92 Å². The summed E-state index contributed by atoms with van der Waals surface area (Å²) in [5.41, 5.74) is 1.32. The molecule has 4 nitrogen and oxygen atoms in total. The number of carboxylic acid groups (broad SMARTS) is 1. The van der Waals surface area contributed by atoms with Crippen molar-refractivity contribution in [2.45, 2.75) is 13.0 Å². The van der Waals surface area contributed by atoms with E-state index in [0.29, 0.717) is 22.2 Å². The maximum atomic E-state index is 12.3. The molecule has 6 heteroatoms. The van der Waals surface area contributed by atoms with Gasteiger partial charge in [0.1, 0.15) is 6.04 Å². The van der Waals surface area contributed by atoms with Crippen LogP contribution in [0.1, 0.15) is 15.9 Å². The van der Waals surface area contributed by atoms with E-state index in [2.05, 4.69) is 0 Å². The maximum Gasteiger partial charge on any atom is 0.327 e. The molecular formula is C12H12ClNO3S. The molecule has 0 spiro atoms. The lowest BCUT2D eigenvalue weighted by molar-refractivity contribution is -0.140. The molecule has 0 unspecified atom stereocenters. The summed E-state index contributed by atoms with van der Waals surface area (Å²) in [4.78, 5) is 24.7. The molecule has 0 radical (unpaired) electrons. The number of hydrogen-bond donors (Lipinski definition) is 1. The summed E-state index contributed by atoms with van der Waals surface area (Å²) in [5.74, 6) is -0.410. The predicted octanol–water partition coefficient (Wildman–Crippen LogP) is 2.25. The molecule has 1 heterocycles. The lowest BCUT2D eigenvalue weighted by Gasteiger charge is -2.20. The monoisotopic (exact) mass is 285 g/mol. The zero-order valence-corrected chi connectivity index (χ0v) is 11.3. The third-order valence-corrected chi connectivity index (χ3v) is 3.95. The van der Waals surface area contributed by atoms with Gasteiger partial charge >= 0.3 is 5.97 Å². The van der Waals surface area contributed by atoms with Gasteiger partial charge in [-0.1, -0.05) is 11.6 Å². The first-order chi connectivity index (χ1) is 8.49. The second kappa shape index (κ2) is 5.20. The molecular weight excluding hydrogens is 274 g/mol. The highest BCUT2D eigenvalue weighted by molar-refractivity contribution is 7.99. The molecule has 1 aromatic carbocycles. The van der Waals surface area contributed by atoms with Gasteiger partial charge in [-0.3, -0.25) is 4.79 Å². The normalized spacial score (nSPS) is 19.0. The number of hydrogen-bond acceptors (Lipinski definition) is 3. The predicted molar refractivity (Wildman–Crippen MR) is 71.1 cm³/mol. The Balaban J connectivity index is 2.28. The van der Waals surface area contributed by atoms with E-state index in [1.54, 1.807) is 18.2 Å². The third-order valence-electron chi connectivity index (χ3n) is 2.72. The summed E-state index contributed by atoms with van der Waals surface area (Å²) >= 11 is 7.35. The highest BCUT2D eigenvalue weighted by Crippen LogP contribution is 2.24. The molecule has 1 atom stereocenters. The Bertz CT molecular complexity index is 486. The van der Waals surface area contributed by atoms with E-state index in [9.17, 15) is 9.59 Å². The molecule has 1 saturated heterocycles. The highest BCUT2D eigenvalue weighted by atomic mass is 35.5. The zero-order valence-electron chi connectivity index (χ0n) is 9.72. The second-order valence-corrected chi connectivity index (χ2v) is 5.58. The Hall–Kier alpha value is -1.20. The van der Waals surface area contributed by atoms with Gasteiger partial charge in [-0.25, -0.2) is 4.79 Å². The second-order valence-electron chi connectivity index (χ2n) is 4.15. The van der Waals surface area contributed by atoms with Crippen molar-refractivity contribution in [2.24, 2.45) is 0 Å². The topological polar surface area (TPSA) is 57.6 Å². The standard InChI is InChI=1S/C12H12ClNO3S/c1-7-2-8(4-9(13)3-7)11(15)14-6-18-5-10(14)12(16)17/h2-4,10H,5-6H2,1H3,(H,16,17)/t10-/m0/s1. The molecule has 1 aliphatic heterocycles. The number of thioether (sulfide) groups is 1. The first-order valence-corrected chi connectivity index (χ1v) is 6.91. The van der Waals surface area contributed by atoms with Gasteiger partial charge in [0.2, 0.25) is 0 Å². The number of aliphatic carboxylic acids is 1. The fraction of sp³-hybridized carbons (Fsp3) is 0.333. The number of carboxylic acids is 1. The minimum absolute atomic E-state index is 0.280. The van der Waals surface area contributed by atoms with Crippen LogP contribution >= 0.6 is 23.4 Å². The lowest BCUT2D eigenvalue weighted by atomic mass is 10.1. The Labute approximate surface area is 114 Å². The van der Waals surface area contributed by atoms with E-state index in [1.165, 1.54) is 16.7 Å². The van der Waals surface area contributed by atoms with Crippen molar-refractivity contribution in [3.05, 3.63) is 34.3 Å². The smallest absolute Gasteiger partial charge is 0.327 e. The van der Waals surface area contributed by atoms with Crippen LogP contribution in [0.2, 0.25) is 5.02 Å². The fourth-order valence-electron chi connectivity index (χ4n) is 1.87. The van der Waals surface area contributed by atoms with Crippen molar-refractivity contribution in [1.29, 1.82) is 0 Å². The minimum Gasteiger partial charge on any atom is -0.480 e. The summed E-state index contributed by atoms with van der Waals surface area (Å²) in [7, 11) is 0. The first-order valence-electron chi connectivity index (χ1n) is 5.38. The SMILES string of the molecule is Cc1cc(Cl)cc(C(=O)N2CSC[C@H]2C(=O)O)c1. The molecule has 0 aliphatic carbocycles. The van der Waals surface area contributed by atoms with Crippen LogP contribution in [-0.4, -0.2) is 39.6 Å². The van der Waals surface area contributed by atoms with Crippen molar-refractivity contribution in [1.82, 2.24) is 4.90 Å². The number of carbonyl (C=O) groups is 2. The number of benzene rings is 1. The zero-order chi connectivity index (χ0) is 13.3. The van der Waals surface area contributed by atoms with Gasteiger partial charge in [0.15, 0.2) is 0 Å². The number of rotatable bonds is 2. The number of amides is 1. The number of carbonyl (C=O) groups excluding carboxylic acids is 1. The Kier molecular flexibility index (Phi) is 3.82. The molecule has 0 saturated carbocycles. The Morgan fingerprint density at radius 3 is 2.78 bits per heavy atom. The molecule has 1 amide bonds. The molecule has 1 N–H and O–H groups in total. The fourth-order valence-corrected chi connectivity index (χ4v) is 3.31. The van der Waals surface area contributed by atoms with Crippen molar-refractivity contribution >= 4 is 35.2 Å². The van der Waals surface area contributed by atoms with Gasteiger partial charge in [0.05, 0.1) is 5.88 Å². The van der Waals surface area contributed by atoms with Gasteiger partial charge < -0.3 is 10.0 Å². The van der Waals surface area contributed by atoms with E-state index >= 15 is 0 Å².